The molecule has 2 fully saturated rings. The normalized spacial score (nSPS) is 25.4. The van der Waals surface area contributed by atoms with E-state index in [9.17, 15) is 4.79 Å². The van der Waals surface area contributed by atoms with Crippen molar-refractivity contribution in [2.45, 2.75) is 19.8 Å². The summed E-state index contributed by atoms with van der Waals surface area (Å²) in [5.41, 5.74) is 1.25. The van der Waals surface area contributed by atoms with Gasteiger partial charge in [-0.15, -0.1) is 0 Å². The molecule has 4 rings (SSSR count). The van der Waals surface area contributed by atoms with E-state index in [0.717, 1.165) is 58.8 Å². The third-order valence-corrected chi connectivity index (χ3v) is 5.42. The Morgan fingerprint density at radius 1 is 1.36 bits per heavy atom. The number of hydrogen-bond donors (Lipinski definition) is 0. The summed E-state index contributed by atoms with van der Waals surface area (Å²) in [5.74, 6) is 0.0278. The van der Waals surface area contributed by atoms with Gasteiger partial charge in [-0.05, 0) is 25.5 Å². The molecular weight excluding hydrogens is 318 g/mol. The van der Waals surface area contributed by atoms with Crippen LogP contribution in [0.1, 0.15) is 30.1 Å². The summed E-state index contributed by atoms with van der Waals surface area (Å²) in [7, 11) is 0. The summed E-state index contributed by atoms with van der Waals surface area (Å²) >= 11 is 0. The van der Waals surface area contributed by atoms with Crippen LogP contribution in [0.4, 0.5) is 0 Å². The van der Waals surface area contributed by atoms with Crippen molar-refractivity contribution in [1.29, 1.82) is 0 Å². The van der Waals surface area contributed by atoms with Crippen molar-refractivity contribution in [3.05, 3.63) is 30.2 Å². The molecule has 7 nitrogen and oxygen atoms in total. The molecule has 2 aromatic heterocycles. The Kier molecular flexibility index (Phi) is 4.43. The van der Waals surface area contributed by atoms with Gasteiger partial charge < -0.3 is 14.5 Å². The molecule has 0 radical (unpaired) electrons. The highest BCUT2D eigenvalue weighted by molar-refractivity contribution is 5.99. The van der Waals surface area contributed by atoms with Crippen molar-refractivity contribution >= 4 is 11.6 Å². The van der Waals surface area contributed by atoms with E-state index in [4.69, 9.17) is 4.74 Å². The standard InChI is InChI=1S/C18H25N5O2/c1-2-21-9-10-25-14-18(12-21)5-3-7-22(13-18)17(24)15-11-20-23-8-4-6-19-16(15)23/h4,6,8,11H,2-3,5,7,9-10,12-14H2,1H3. The quantitative estimate of drug-likeness (QED) is 0.823. The fourth-order valence-electron chi connectivity index (χ4n) is 4.13. The van der Waals surface area contributed by atoms with Crippen molar-refractivity contribution in [2.75, 3.05) is 45.9 Å². The van der Waals surface area contributed by atoms with Gasteiger partial charge in [-0.1, -0.05) is 6.92 Å². The molecule has 2 aliphatic heterocycles. The lowest BCUT2D eigenvalue weighted by Crippen LogP contribution is -2.52. The SMILES string of the molecule is CCN1CCOCC2(CCCN(C(=O)c3cnn4cccnc34)C2)C1. The van der Waals surface area contributed by atoms with Crippen molar-refractivity contribution in [3.63, 3.8) is 0 Å². The van der Waals surface area contributed by atoms with Crippen LogP contribution in [0.15, 0.2) is 24.7 Å². The van der Waals surface area contributed by atoms with Crippen LogP contribution in [0.3, 0.4) is 0 Å². The molecule has 0 saturated carbocycles. The first-order valence-corrected chi connectivity index (χ1v) is 9.08. The lowest BCUT2D eigenvalue weighted by atomic mass is 9.80. The fourth-order valence-corrected chi connectivity index (χ4v) is 4.13. The zero-order valence-electron chi connectivity index (χ0n) is 14.7. The Balaban J connectivity index is 1.57. The van der Waals surface area contributed by atoms with Crippen LogP contribution in [-0.2, 0) is 4.74 Å². The molecule has 2 aromatic rings. The minimum absolute atomic E-state index is 0.0278. The number of hydrogen-bond acceptors (Lipinski definition) is 5. The van der Waals surface area contributed by atoms with E-state index in [-0.39, 0.29) is 11.3 Å². The van der Waals surface area contributed by atoms with Gasteiger partial charge in [0.2, 0.25) is 0 Å². The Labute approximate surface area is 147 Å². The van der Waals surface area contributed by atoms with Gasteiger partial charge in [0.15, 0.2) is 5.65 Å². The maximum Gasteiger partial charge on any atom is 0.259 e. The topological polar surface area (TPSA) is 63.0 Å². The van der Waals surface area contributed by atoms with E-state index >= 15 is 0 Å². The van der Waals surface area contributed by atoms with E-state index in [0.29, 0.717) is 11.2 Å². The molecule has 2 saturated heterocycles. The number of nitrogens with zero attached hydrogens (tertiary/aromatic N) is 5. The molecule has 4 heterocycles. The summed E-state index contributed by atoms with van der Waals surface area (Å²) < 4.78 is 7.55. The van der Waals surface area contributed by atoms with Crippen LogP contribution in [-0.4, -0.2) is 76.2 Å². The molecule has 7 heteroatoms. The van der Waals surface area contributed by atoms with Crippen LogP contribution in [0.2, 0.25) is 0 Å². The molecule has 0 bridgehead atoms. The first kappa shape index (κ1) is 16.5. The minimum Gasteiger partial charge on any atom is -0.379 e. The number of carbonyl (C=O) groups excluding carboxylic acids is 1. The number of piperidine rings is 1. The van der Waals surface area contributed by atoms with Gasteiger partial charge in [-0.25, -0.2) is 9.50 Å². The van der Waals surface area contributed by atoms with Gasteiger partial charge in [0.1, 0.15) is 5.56 Å². The molecular formula is C18H25N5O2. The number of ether oxygens (including phenoxy) is 1. The fraction of sp³-hybridized carbons (Fsp3) is 0.611. The predicted molar refractivity (Wildman–Crippen MR) is 93.5 cm³/mol. The summed E-state index contributed by atoms with van der Waals surface area (Å²) in [6.07, 6.45) is 7.27. The van der Waals surface area contributed by atoms with Crippen molar-refractivity contribution in [1.82, 2.24) is 24.4 Å². The van der Waals surface area contributed by atoms with Crippen LogP contribution >= 0.6 is 0 Å². The maximum atomic E-state index is 13.1. The van der Waals surface area contributed by atoms with E-state index in [2.05, 4.69) is 21.9 Å². The lowest BCUT2D eigenvalue weighted by molar-refractivity contribution is 0.00774. The van der Waals surface area contributed by atoms with E-state index in [1.165, 1.54) is 0 Å². The zero-order chi connectivity index (χ0) is 17.3. The largest absolute Gasteiger partial charge is 0.379 e. The Morgan fingerprint density at radius 3 is 3.16 bits per heavy atom. The number of carbonyl (C=O) groups is 1. The van der Waals surface area contributed by atoms with Crippen LogP contribution in [0, 0.1) is 5.41 Å². The van der Waals surface area contributed by atoms with Crippen molar-refractivity contribution < 1.29 is 9.53 Å². The van der Waals surface area contributed by atoms with Crippen molar-refractivity contribution in [3.8, 4) is 0 Å². The highest BCUT2D eigenvalue weighted by Crippen LogP contribution is 2.33. The number of likely N-dealkylation sites (tertiary alicyclic amines) is 1. The van der Waals surface area contributed by atoms with Crippen LogP contribution < -0.4 is 0 Å². The third-order valence-electron chi connectivity index (χ3n) is 5.42. The number of rotatable bonds is 2. The highest BCUT2D eigenvalue weighted by Gasteiger charge is 2.40. The van der Waals surface area contributed by atoms with Crippen LogP contribution in [0.5, 0.6) is 0 Å². The number of aromatic nitrogens is 3. The Hall–Kier alpha value is -1.99. The number of fused-ring (bicyclic) bond motifs is 1. The van der Waals surface area contributed by atoms with Gasteiger partial charge in [0, 0.05) is 44.0 Å². The van der Waals surface area contributed by atoms with Gasteiger partial charge in [-0.3, -0.25) is 4.79 Å². The second-order valence-corrected chi connectivity index (χ2v) is 7.20. The van der Waals surface area contributed by atoms with E-state index in [1.54, 1.807) is 16.9 Å². The lowest BCUT2D eigenvalue weighted by Gasteiger charge is -2.43. The second kappa shape index (κ2) is 6.72. The van der Waals surface area contributed by atoms with Crippen LogP contribution in [0.25, 0.3) is 5.65 Å². The minimum atomic E-state index is 0.0278. The molecule has 25 heavy (non-hydrogen) atoms. The van der Waals surface area contributed by atoms with E-state index in [1.807, 2.05) is 17.2 Å². The summed E-state index contributed by atoms with van der Waals surface area (Å²) in [6.45, 7) is 8.24. The van der Waals surface area contributed by atoms with Gasteiger partial charge in [0.25, 0.3) is 5.91 Å². The molecule has 0 aromatic carbocycles. The average Bonchev–Trinajstić information content (AvgIpc) is 2.98. The van der Waals surface area contributed by atoms with Crippen molar-refractivity contribution in [2.24, 2.45) is 5.41 Å². The monoisotopic (exact) mass is 343 g/mol. The first-order valence-electron chi connectivity index (χ1n) is 9.08. The molecule has 1 unspecified atom stereocenters. The number of likely N-dealkylation sites (N-methyl/N-ethyl adjacent to an activating group) is 1. The molecule has 1 amide bonds. The smallest absolute Gasteiger partial charge is 0.259 e. The molecule has 0 N–H and O–H groups in total. The summed E-state index contributed by atoms with van der Waals surface area (Å²) in [6, 6.07) is 1.81. The highest BCUT2D eigenvalue weighted by atomic mass is 16.5. The van der Waals surface area contributed by atoms with Gasteiger partial charge >= 0.3 is 0 Å². The maximum absolute atomic E-state index is 13.1. The molecule has 1 spiro atoms. The molecule has 0 aliphatic carbocycles. The van der Waals surface area contributed by atoms with Gasteiger partial charge in [0.05, 0.1) is 19.4 Å². The Morgan fingerprint density at radius 2 is 2.28 bits per heavy atom. The summed E-state index contributed by atoms with van der Waals surface area (Å²) in [5, 5.41) is 4.25. The predicted octanol–water partition coefficient (Wildman–Crippen LogP) is 1.30. The summed E-state index contributed by atoms with van der Waals surface area (Å²) in [4.78, 5) is 21.8. The zero-order valence-corrected chi connectivity index (χ0v) is 14.7. The van der Waals surface area contributed by atoms with Gasteiger partial charge in [-0.2, -0.15) is 5.10 Å². The number of amides is 1. The molecule has 1 atom stereocenters. The Bertz CT molecular complexity index is 761. The average molecular weight is 343 g/mol. The second-order valence-electron chi connectivity index (χ2n) is 7.20. The molecule has 2 aliphatic rings. The van der Waals surface area contributed by atoms with E-state index < -0.39 is 0 Å². The first-order chi connectivity index (χ1) is 12.2. The third kappa shape index (κ3) is 3.14. The molecule has 134 valence electrons.